The Morgan fingerprint density at radius 3 is 2.91 bits per heavy atom. The van der Waals surface area contributed by atoms with E-state index < -0.39 is 17.5 Å². The molecule has 1 N–H and O–H groups in total. The molecule has 124 valence electrons. The maximum Gasteiger partial charge on any atom is 0.323 e. The van der Waals surface area contributed by atoms with Crippen LogP contribution in [0.1, 0.15) is 19.8 Å². The molecule has 1 aliphatic heterocycles. The van der Waals surface area contributed by atoms with Crippen LogP contribution in [0.15, 0.2) is 4.34 Å². The summed E-state index contributed by atoms with van der Waals surface area (Å²) in [5, 5.41) is 10.7. The van der Waals surface area contributed by atoms with Crippen LogP contribution >= 0.6 is 11.3 Å². The second kappa shape index (κ2) is 8.63. The fraction of sp³-hybridized carbons (Fsp3) is 0.750. The van der Waals surface area contributed by atoms with E-state index in [1.165, 1.54) is 4.90 Å². The predicted octanol–water partition coefficient (Wildman–Crippen LogP) is 1.28. The van der Waals surface area contributed by atoms with Gasteiger partial charge in [-0.2, -0.15) is 0 Å². The third-order valence-electron chi connectivity index (χ3n) is 2.87. The van der Waals surface area contributed by atoms with Gasteiger partial charge in [-0.25, -0.2) is 4.79 Å². The highest BCUT2D eigenvalue weighted by Gasteiger charge is 2.22. The number of anilines is 1. The molecule has 1 saturated heterocycles. The van der Waals surface area contributed by atoms with Crippen molar-refractivity contribution < 1.29 is 18.8 Å². The standard InChI is InChI=1S/C12H20N4O4S2/c1-3-7-22(18)12-15-14-10(21-12)13-11(17)16(2)8-9-19-5-4-6-20-9/h9H,3-8H2,1-2H3,(H,13,14,17). The number of rotatable bonds is 6. The Labute approximate surface area is 136 Å². The summed E-state index contributed by atoms with van der Waals surface area (Å²) >= 11 is -0.0245. The van der Waals surface area contributed by atoms with Crippen LogP contribution in [0.4, 0.5) is 9.93 Å². The van der Waals surface area contributed by atoms with E-state index in [0.717, 1.165) is 24.2 Å². The molecule has 1 atom stereocenters. The van der Waals surface area contributed by atoms with Crippen LogP contribution in [0.2, 0.25) is 0 Å². The Morgan fingerprint density at radius 1 is 1.50 bits per heavy atom. The van der Waals surface area contributed by atoms with Crippen LogP contribution in [0.25, 0.3) is 0 Å². The molecule has 10 heteroatoms. The lowest BCUT2D eigenvalue weighted by molar-refractivity contribution is -0.181. The topological polar surface area (TPSA) is 99.6 Å². The van der Waals surface area contributed by atoms with Gasteiger partial charge in [0.15, 0.2) is 6.29 Å². The van der Waals surface area contributed by atoms with Gasteiger partial charge in [0, 0.05) is 18.2 Å². The number of nitrogens with one attached hydrogen (secondary N) is 1. The lowest BCUT2D eigenvalue weighted by Crippen LogP contribution is -2.41. The summed E-state index contributed by atoms with van der Waals surface area (Å²) < 4.78 is 23.0. The first-order valence-electron chi connectivity index (χ1n) is 7.07. The molecule has 8 nitrogen and oxygen atoms in total. The first-order valence-corrected chi connectivity index (χ1v) is 9.21. The number of urea groups is 1. The number of ether oxygens (including phenoxy) is 2. The van der Waals surface area contributed by atoms with Crippen molar-refractivity contribution in [3.8, 4) is 0 Å². The summed E-state index contributed by atoms with van der Waals surface area (Å²) in [6, 6.07) is -0.332. The lowest BCUT2D eigenvalue weighted by atomic mass is 10.4. The van der Waals surface area contributed by atoms with Crippen LogP contribution < -0.4 is 5.32 Å². The van der Waals surface area contributed by atoms with Gasteiger partial charge in [0.2, 0.25) is 5.13 Å². The van der Waals surface area contributed by atoms with Gasteiger partial charge in [0.05, 0.1) is 19.8 Å². The third-order valence-corrected chi connectivity index (χ3v) is 5.56. The summed E-state index contributed by atoms with van der Waals surface area (Å²) in [5.41, 5.74) is 0. The second-order valence-corrected chi connectivity index (χ2v) is 7.48. The number of likely N-dealkylation sites (N-methyl/N-ethyl adjacent to an activating group) is 1. The zero-order chi connectivity index (χ0) is 15.9. The van der Waals surface area contributed by atoms with E-state index in [2.05, 4.69) is 15.5 Å². The molecule has 0 aromatic carbocycles. The number of hydrogen-bond donors (Lipinski definition) is 1. The van der Waals surface area contributed by atoms with Gasteiger partial charge < -0.3 is 18.9 Å². The first kappa shape index (κ1) is 17.4. The summed E-state index contributed by atoms with van der Waals surface area (Å²) in [5.74, 6) is 0.541. The van der Waals surface area contributed by atoms with Gasteiger partial charge in [-0.3, -0.25) is 5.32 Å². The van der Waals surface area contributed by atoms with Crippen molar-refractivity contribution in [2.75, 3.05) is 37.9 Å². The molecule has 1 aromatic heterocycles. The van der Waals surface area contributed by atoms with Crippen LogP contribution in [-0.4, -0.2) is 64.5 Å². The van der Waals surface area contributed by atoms with E-state index in [9.17, 15) is 9.35 Å². The number of amides is 2. The smallest absolute Gasteiger partial charge is 0.323 e. The maximum absolute atomic E-state index is 12.1. The van der Waals surface area contributed by atoms with Crippen molar-refractivity contribution >= 4 is 33.7 Å². The normalized spacial score (nSPS) is 17.2. The summed E-state index contributed by atoms with van der Waals surface area (Å²) in [4.78, 5) is 13.5. The maximum atomic E-state index is 12.1. The first-order chi connectivity index (χ1) is 10.6. The van der Waals surface area contributed by atoms with Crippen molar-refractivity contribution in [3.63, 3.8) is 0 Å². The predicted molar refractivity (Wildman–Crippen MR) is 83.4 cm³/mol. The molecule has 1 aromatic rings. The Balaban J connectivity index is 1.82. The highest BCUT2D eigenvalue weighted by molar-refractivity contribution is 7.93. The average Bonchev–Trinajstić information content (AvgIpc) is 2.97. The van der Waals surface area contributed by atoms with Crippen molar-refractivity contribution in [2.24, 2.45) is 0 Å². The Bertz CT molecular complexity index is 481. The van der Waals surface area contributed by atoms with Gasteiger partial charge in [-0.15, -0.1) is 5.10 Å². The van der Waals surface area contributed by atoms with Crippen LogP contribution in [0, 0.1) is 0 Å². The fourth-order valence-electron chi connectivity index (χ4n) is 1.76. The molecule has 0 spiro atoms. The number of hydrogen-bond acceptors (Lipinski definition) is 7. The molecular formula is C12H20N4O4S2. The Kier molecular flexibility index (Phi) is 6.83. The highest BCUT2D eigenvalue weighted by atomic mass is 32.2. The molecule has 0 saturated carbocycles. The fourth-order valence-corrected chi connectivity index (χ4v) is 3.76. The van der Waals surface area contributed by atoms with E-state index in [0.29, 0.717) is 35.0 Å². The molecule has 0 bridgehead atoms. The Hall–Kier alpha value is -0.940. The monoisotopic (exact) mass is 348 g/mol. The third kappa shape index (κ3) is 5.06. The molecule has 0 aliphatic carbocycles. The molecular weight excluding hydrogens is 328 g/mol. The molecule has 1 unspecified atom stereocenters. The SMILES string of the molecule is CCC[S+]([O-])c1nnc(NC(=O)N(C)CC2OCCCO2)s1. The van der Waals surface area contributed by atoms with Gasteiger partial charge in [0.25, 0.3) is 0 Å². The van der Waals surface area contributed by atoms with E-state index >= 15 is 0 Å². The molecule has 2 amide bonds. The van der Waals surface area contributed by atoms with Crippen LogP contribution in [-0.2, 0) is 20.6 Å². The highest BCUT2D eigenvalue weighted by Crippen LogP contribution is 2.21. The number of carbonyl (C=O) groups is 1. The Morgan fingerprint density at radius 2 is 2.23 bits per heavy atom. The van der Waals surface area contributed by atoms with Gasteiger partial charge in [0.1, 0.15) is 5.75 Å². The largest absolute Gasteiger partial charge is 0.610 e. The van der Waals surface area contributed by atoms with Crippen molar-refractivity contribution in [1.82, 2.24) is 15.1 Å². The van der Waals surface area contributed by atoms with Gasteiger partial charge in [-0.05, 0) is 24.2 Å². The van der Waals surface area contributed by atoms with Gasteiger partial charge in [-0.1, -0.05) is 12.0 Å². The number of nitrogens with zero attached hydrogens (tertiary/aromatic N) is 3. The van der Waals surface area contributed by atoms with E-state index in [4.69, 9.17) is 9.47 Å². The lowest BCUT2D eigenvalue weighted by Gasteiger charge is -2.27. The molecule has 1 aliphatic rings. The van der Waals surface area contributed by atoms with Crippen molar-refractivity contribution in [1.29, 1.82) is 0 Å². The average molecular weight is 348 g/mol. The summed E-state index contributed by atoms with van der Waals surface area (Å²) in [6.07, 6.45) is 1.28. The molecule has 1 fully saturated rings. The number of aromatic nitrogens is 2. The summed E-state index contributed by atoms with van der Waals surface area (Å²) in [6.45, 7) is 3.57. The molecule has 0 radical (unpaired) electrons. The quantitative estimate of drug-likeness (QED) is 0.614. The minimum Gasteiger partial charge on any atom is -0.610 e. The zero-order valence-corrected chi connectivity index (χ0v) is 14.2. The number of carbonyl (C=O) groups excluding carboxylic acids is 1. The minimum absolute atomic E-state index is 0.332. The van der Waals surface area contributed by atoms with Crippen LogP contribution in [0.3, 0.4) is 0 Å². The molecule has 22 heavy (non-hydrogen) atoms. The summed E-state index contributed by atoms with van der Waals surface area (Å²) in [7, 11) is 1.65. The zero-order valence-electron chi connectivity index (χ0n) is 12.6. The minimum atomic E-state index is -1.15. The molecule has 2 rings (SSSR count). The van der Waals surface area contributed by atoms with Crippen molar-refractivity contribution in [3.05, 3.63) is 0 Å². The van der Waals surface area contributed by atoms with Gasteiger partial charge >= 0.3 is 10.4 Å². The van der Waals surface area contributed by atoms with E-state index in [-0.39, 0.29) is 6.03 Å². The van der Waals surface area contributed by atoms with E-state index in [1.807, 2.05) is 6.92 Å². The van der Waals surface area contributed by atoms with Crippen LogP contribution in [0.5, 0.6) is 0 Å². The second-order valence-electron chi connectivity index (χ2n) is 4.76. The van der Waals surface area contributed by atoms with Crippen molar-refractivity contribution in [2.45, 2.75) is 30.4 Å². The molecule has 2 heterocycles. The van der Waals surface area contributed by atoms with E-state index in [1.54, 1.807) is 7.05 Å².